The highest BCUT2D eigenvalue weighted by Gasteiger charge is 2.28. The number of hydrogen-bond acceptors (Lipinski definition) is 2. The van der Waals surface area contributed by atoms with Gasteiger partial charge in [0.15, 0.2) is 0 Å². The third kappa shape index (κ3) is 0.545. The van der Waals surface area contributed by atoms with Crippen LogP contribution in [0.2, 0.25) is 0 Å². The maximum atomic E-state index is 2.42. The fourth-order valence-corrected chi connectivity index (χ4v) is 0.910. The molecule has 0 amide bonds. The quantitative estimate of drug-likeness (QED) is 0.423. The molecule has 0 aromatic heterocycles. The Morgan fingerprint density at radius 1 is 0.714 bits per heavy atom. The Labute approximate surface area is 43.7 Å². The summed E-state index contributed by atoms with van der Waals surface area (Å²) in [6.07, 6.45) is 1.41. The molecule has 0 spiro atoms. The first-order valence-corrected chi connectivity index (χ1v) is 2.96. The molecule has 2 saturated heterocycles. The lowest BCUT2D eigenvalue weighted by Crippen LogP contribution is -2.41. The van der Waals surface area contributed by atoms with E-state index in [1.807, 2.05) is 0 Å². The minimum Gasteiger partial charge on any atom is -0.242 e. The number of rotatable bonds is 1. The molecule has 40 valence electrons. The van der Waals surface area contributed by atoms with E-state index in [0.29, 0.717) is 0 Å². The van der Waals surface area contributed by atoms with Gasteiger partial charge in [0.05, 0.1) is 0 Å². The second-order valence-corrected chi connectivity index (χ2v) is 2.26. The average molecular weight is 98.1 g/mol. The van der Waals surface area contributed by atoms with Crippen LogP contribution in [-0.2, 0) is 0 Å². The van der Waals surface area contributed by atoms with Crippen molar-refractivity contribution >= 4 is 0 Å². The van der Waals surface area contributed by atoms with E-state index in [2.05, 4.69) is 10.0 Å². The SMILES string of the molecule is C1CN(N2CC2)C1. The van der Waals surface area contributed by atoms with Crippen molar-refractivity contribution in [2.45, 2.75) is 6.42 Å². The molecule has 0 aromatic rings. The highest BCUT2D eigenvalue weighted by molar-refractivity contribution is 4.75. The van der Waals surface area contributed by atoms with Gasteiger partial charge in [-0.25, -0.2) is 10.0 Å². The summed E-state index contributed by atoms with van der Waals surface area (Å²) >= 11 is 0. The lowest BCUT2D eigenvalue weighted by atomic mass is 10.3. The molecule has 0 saturated carbocycles. The molecule has 0 atom stereocenters. The molecule has 0 aromatic carbocycles. The average Bonchev–Trinajstić information content (AvgIpc) is 2.10. The van der Waals surface area contributed by atoms with E-state index in [1.54, 1.807) is 0 Å². The minimum absolute atomic E-state index is 1.32. The molecule has 0 N–H and O–H groups in total. The van der Waals surface area contributed by atoms with Crippen LogP contribution in [0.5, 0.6) is 0 Å². The molecule has 2 heterocycles. The Bertz CT molecular complexity index is 74.1. The predicted octanol–water partition coefficient (Wildman–Crippen LogP) is -0.0773. The van der Waals surface area contributed by atoms with Crippen molar-refractivity contribution < 1.29 is 0 Å². The third-order valence-corrected chi connectivity index (χ3v) is 1.66. The van der Waals surface area contributed by atoms with Gasteiger partial charge in [0.1, 0.15) is 0 Å². The predicted molar refractivity (Wildman–Crippen MR) is 27.8 cm³/mol. The molecular formula is C5H10N2. The van der Waals surface area contributed by atoms with Crippen molar-refractivity contribution in [2.24, 2.45) is 0 Å². The first kappa shape index (κ1) is 3.87. The second-order valence-electron chi connectivity index (χ2n) is 2.26. The zero-order valence-electron chi connectivity index (χ0n) is 4.43. The summed E-state index contributed by atoms with van der Waals surface area (Å²) < 4.78 is 0. The molecule has 7 heavy (non-hydrogen) atoms. The monoisotopic (exact) mass is 98.1 g/mol. The van der Waals surface area contributed by atoms with Crippen LogP contribution in [0.15, 0.2) is 0 Å². The topological polar surface area (TPSA) is 6.25 Å². The lowest BCUT2D eigenvalue weighted by Gasteiger charge is -2.31. The molecule has 0 radical (unpaired) electrons. The third-order valence-electron chi connectivity index (χ3n) is 1.66. The molecule has 0 aliphatic carbocycles. The Kier molecular flexibility index (Phi) is 0.664. The van der Waals surface area contributed by atoms with E-state index in [4.69, 9.17) is 0 Å². The van der Waals surface area contributed by atoms with Crippen molar-refractivity contribution in [3.8, 4) is 0 Å². The van der Waals surface area contributed by atoms with Gasteiger partial charge in [-0.3, -0.25) is 0 Å². The fraction of sp³-hybridized carbons (Fsp3) is 1.00. The maximum absolute atomic E-state index is 2.42. The van der Waals surface area contributed by atoms with Crippen molar-refractivity contribution in [3.05, 3.63) is 0 Å². The first-order chi connectivity index (χ1) is 3.47. The molecular weight excluding hydrogens is 88.1 g/mol. The van der Waals surface area contributed by atoms with Gasteiger partial charge in [0, 0.05) is 26.2 Å². The summed E-state index contributed by atoms with van der Waals surface area (Å²) in [7, 11) is 0. The summed E-state index contributed by atoms with van der Waals surface area (Å²) in [6, 6.07) is 0. The highest BCUT2D eigenvalue weighted by atomic mass is 15.7. The zero-order valence-corrected chi connectivity index (χ0v) is 4.43. The summed E-state index contributed by atoms with van der Waals surface area (Å²) in [5.74, 6) is 0. The van der Waals surface area contributed by atoms with Crippen LogP contribution in [0.4, 0.5) is 0 Å². The van der Waals surface area contributed by atoms with Gasteiger partial charge in [-0.1, -0.05) is 0 Å². The molecule has 2 aliphatic heterocycles. The van der Waals surface area contributed by atoms with Crippen molar-refractivity contribution in [1.29, 1.82) is 0 Å². The summed E-state index contributed by atoms with van der Waals surface area (Å²) in [5, 5.41) is 4.81. The molecule has 2 heteroatoms. The molecule has 0 bridgehead atoms. The molecule has 2 nitrogen and oxygen atoms in total. The maximum Gasteiger partial charge on any atom is 0.0275 e. The van der Waals surface area contributed by atoms with Gasteiger partial charge in [0.25, 0.3) is 0 Å². The van der Waals surface area contributed by atoms with E-state index in [0.717, 1.165) is 0 Å². The van der Waals surface area contributed by atoms with E-state index in [9.17, 15) is 0 Å². The Hall–Kier alpha value is -0.0800. The van der Waals surface area contributed by atoms with Gasteiger partial charge < -0.3 is 0 Å². The summed E-state index contributed by atoms with van der Waals surface area (Å²) in [5.41, 5.74) is 0. The van der Waals surface area contributed by atoms with Crippen LogP contribution in [0.25, 0.3) is 0 Å². The molecule has 2 fully saturated rings. The van der Waals surface area contributed by atoms with Crippen LogP contribution in [0.1, 0.15) is 6.42 Å². The van der Waals surface area contributed by atoms with Crippen molar-refractivity contribution in [3.63, 3.8) is 0 Å². The van der Waals surface area contributed by atoms with Crippen molar-refractivity contribution in [2.75, 3.05) is 26.2 Å². The highest BCUT2D eigenvalue weighted by Crippen LogP contribution is 2.16. The van der Waals surface area contributed by atoms with Gasteiger partial charge in [-0.15, -0.1) is 0 Å². The van der Waals surface area contributed by atoms with Gasteiger partial charge in [-0.2, -0.15) is 0 Å². The molecule has 2 aliphatic rings. The Balaban J connectivity index is 1.83. The summed E-state index contributed by atoms with van der Waals surface area (Å²) in [6.45, 7) is 5.28. The smallest absolute Gasteiger partial charge is 0.0275 e. The first-order valence-electron chi connectivity index (χ1n) is 2.96. The zero-order chi connectivity index (χ0) is 4.69. The van der Waals surface area contributed by atoms with E-state index < -0.39 is 0 Å². The number of hydrogen-bond donors (Lipinski definition) is 0. The Morgan fingerprint density at radius 3 is 1.43 bits per heavy atom. The number of hydrazine groups is 1. The van der Waals surface area contributed by atoms with Gasteiger partial charge in [0.2, 0.25) is 0 Å². The van der Waals surface area contributed by atoms with Crippen LogP contribution >= 0.6 is 0 Å². The lowest BCUT2D eigenvalue weighted by molar-refractivity contribution is 0.0220. The van der Waals surface area contributed by atoms with Crippen LogP contribution in [0.3, 0.4) is 0 Å². The molecule has 0 unspecified atom stereocenters. The standard InChI is InChI=1S/C5H10N2/c1-2-6(3-1)7-4-5-7/h1-5H2. The normalized spacial score (nSPS) is 32.6. The fourth-order valence-electron chi connectivity index (χ4n) is 0.910. The van der Waals surface area contributed by atoms with E-state index in [1.165, 1.54) is 32.6 Å². The largest absolute Gasteiger partial charge is 0.242 e. The van der Waals surface area contributed by atoms with E-state index in [-0.39, 0.29) is 0 Å². The van der Waals surface area contributed by atoms with Crippen LogP contribution in [-0.4, -0.2) is 36.2 Å². The second kappa shape index (κ2) is 1.20. The number of nitrogens with zero attached hydrogens (tertiary/aromatic N) is 2. The summed E-state index contributed by atoms with van der Waals surface area (Å²) in [4.78, 5) is 0. The van der Waals surface area contributed by atoms with Crippen molar-refractivity contribution in [1.82, 2.24) is 10.0 Å². The minimum atomic E-state index is 1.32. The van der Waals surface area contributed by atoms with Gasteiger partial charge in [-0.05, 0) is 6.42 Å². The van der Waals surface area contributed by atoms with Crippen LogP contribution < -0.4 is 0 Å². The van der Waals surface area contributed by atoms with E-state index >= 15 is 0 Å². The van der Waals surface area contributed by atoms with Crippen LogP contribution in [0, 0.1) is 0 Å². The van der Waals surface area contributed by atoms with Gasteiger partial charge >= 0.3 is 0 Å². The molecule has 2 rings (SSSR count). The Morgan fingerprint density at radius 2 is 1.29 bits per heavy atom.